The van der Waals surface area contributed by atoms with Gasteiger partial charge in [-0.05, 0) is 131 Å². The highest BCUT2D eigenvalue weighted by Gasteiger charge is 2.36. The zero-order chi connectivity index (χ0) is 38.7. The van der Waals surface area contributed by atoms with Gasteiger partial charge in [-0.25, -0.2) is 8.78 Å². The Kier molecular flexibility index (Phi) is 15.1. The number of nitrogens with zero attached hydrogens (tertiary/aromatic N) is 2. The predicted octanol–water partition coefficient (Wildman–Crippen LogP) is 8.36. The Hall–Kier alpha value is -4.58. The third-order valence-corrected chi connectivity index (χ3v) is 8.79. The number of aromatic nitrogens is 1. The summed E-state index contributed by atoms with van der Waals surface area (Å²) >= 11 is 0. The number of alkyl halides is 3. The van der Waals surface area contributed by atoms with E-state index in [-0.39, 0.29) is 37.1 Å². The van der Waals surface area contributed by atoms with E-state index in [9.17, 15) is 31.9 Å². The monoisotopic (exact) mass is 729 g/mol. The fourth-order valence-corrected chi connectivity index (χ4v) is 6.27. The Bertz CT molecular complexity index is 1820. The van der Waals surface area contributed by atoms with Crippen LogP contribution in [0.4, 0.5) is 22.0 Å². The molecule has 0 saturated carbocycles. The van der Waals surface area contributed by atoms with Crippen LogP contribution in [0.15, 0.2) is 66.6 Å². The van der Waals surface area contributed by atoms with Crippen molar-refractivity contribution in [2.75, 3.05) is 27.2 Å². The van der Waals surface area contributed by atoms with Crippen molar-refractivity contribution >= 4 is 11.9 Å². The van der Waals surface area contributed by atoms with Crippen LogP contribution in [0.5, 0.6) is 0 Å². The number of pyridine rings is 1. The minimum atomic E-state index is -4.81. The van der Waals surface area contributed by atoms with Gasteiger partial charge in [0.2, 0.25) is 5.91 Å². The van der Waals surface area contributed by atoms with Crippen LogP contribution in [0.1, 0.15) is 84.5 Å². The van der Waals surface area contributed by atoms with Gasteiger partial charge in [-0.1, -0.05) is 12.2 Å². The topological polar surface area (TPSA) is 80.6 Å². The van der Waals surface area contributed by atoms with E-state index in [4.69, 9.17) is 4.74 Å². The van der Waals surface area contributed by atoms with Gasteiger partial charge < -0.3 is 19.5 Å². The number of benzene rings is 2. The van der Waals surface area contributed by atoms with Gasteiger partial charge in [-0.3, -0.25) is 14.4 Å². The molecule has 0 spiro atoms. The molecular formula is C40H48F5N3O4. The van der Waals surface area contributed by atoms with Gasteiger partial charge in [-0.15, -0.1) is 13.2 Å². The lowest BCUT2D eigenvalue weighted by Crippen LogP contribution is -2.40. The summed E-state index contributed by atoms with van der Waals surface area (Å²) in [5.74, 6) is -2.74. The van der Waals surface area contributed by atoms with E-state index in [1.807, 2.05) is 6.08 Å². The first-order valence-electron chi connectivity index (χ1n) is 17.3. The van der Waals surface area contributed by atoms with Crippen LogP contribution in [0, 0.1) is 25.5 Å². The molecule has 0 aliphatic carbocycles. The maximum Gasteiger partial charge on any atom is 0.416 e. The zero-order valence-corrected chi connectivity index (χ0v) is 30.5. The number of hydrogen-bond donors (Lipinski definition) is 1. The number of aryl methyl sites for hydroxylation is 3. The summed E-state index contributed by atoms with van der Waals surface area (Å²) in [6, 6.07) is 3.41. The molecule has 2 atom stereocenters. The van der Waals surface area contributed by atoms with Crippen molar-refractivity contribution in [2.24, 2.45) is 0 Å². The SMILES string of the molecule is C=CCCCCc1cc(F)cc(C)c1-c1cc([C@H](CC(=O)OCC)NC(=O)[C@H](CC=C)n2cc(CCN(C)C)c(C(F)(F)F)cc2=O)c(F)cc1C. The molecule has 0 aliphatic rings. The number of carbonyl (C=O) groups is 2. The van der Waals surface area contributed by atoms with E-state index in [1.165, 1.54) is 30.3 Å². The van der Waals surface area contributed by atoms with Crippen molar-refractivity contribution in [1.82, 2.24) is 14.8 Å². The second kappa shape index (κ2) is 18.8. The molecule has 0 fully saturated rings. The molecule has 52 heavy (non-hydrogen) atoms. The van der Waals surface area contributed by atoms with E-state index < -0.39 is 59.3 Å². The zero-order valence-electron chi connectivity index (χ0n) is 30.5. The van der Waals surface area contributed by atoms with Crippen LogP contribution >= 0.6 is 0 Å². The summed E-state index contributed by atoms with van der Waals surface area (Å²) in [4.78, 5) is 41.8. The normalized spacial score (nSPS) is 12.8. The third kappa shape index (κ3) is 11.0. The molecule has 1 heterocycles. The molecule has 0 bridgehead atoms. The number of allylic oxidation sites excluding steroid dienone is 2. The number of nitrogens with one attached hydrogen (secondary N) is 1. The van der Waals surface area contributed by atoms with Crippen LogP contribution < -0.4 is 10.9 Å². The summed E-state index contributed by atoms with van der Waals surface area (Å²) < 4.78 is 78.6. The quantitative estimate of drug-likeness (QED) is 0.0617. The number of rotatable bonds is 18. The van der Waals surface area contributed by atoms with E-state index in [2.05, 4.69) is 18.5 Å². The van der Waals surface area contributed by atoms with Crippen molar-refractivity contribution in [3.05, 3.63) is 117 Å². The molecule has 1 amide bonds. The summed E-state index contributed by atoms with van der Waals surface area (Å²) in [5, 5.41) is 2.69. The molecule has 2 aromatic carbocycles. The fourth-order valence-electron chi connectivity index (χ4n) is 6.27. The van der Waals surface area contributed by atoms with Crippen molar-refractivity contribution in [1.29, 1.82) is 0 Å². The lowest BCUT2D eigenvalue weighted by Gasteiger charge is -2.26. The number of halogens is 5. The van der Waals surface area contributed by atoms with Gasteiger partial charge in [0.05, 0.1) is 24.6 Å². The Morgan fingerprint density at radius 3 is 2.31 bits per heavy atom. The van der Waals surface area contributed by atoms with Gasteiger partial charge in [0.25, 0.3) is 5.56 Å². The maximum atomic E-state index is 16.0. The second-order valence-corrected chi connectivity index (χ2v) is 13.1. The molecule has 1 aromatic heterocycles. The second-order valence-electron chi connectivity index (χ2n) is 13.1. The Morgan fingerprint density at radius 1 is 0.981 bits per heavy atom. The Labute approximate surface area is 302 Å². The average Bonchev–Trinajstić information content (AvgIpc) is 3.04. The summed E-state index contributed by atoms with van der Waals surface area (Å²) in [6.07, 6.45) is 1.57. The number of esters is 1. The first-order chi connectivity index (χ1) is 24.5. The van der Waals surface area contributed by atoms with Crippen LogP contribution in [-0.4, -0.2) is 48.6 Å². The number of hydrogen-bond acceptors (Lipinski definition) is 5. The Balaban J connectivity index is 2.16. The number of likely N-dealkylation sites (N-methyl/N-ethyl adjacent to an activating group) is 1. The molecule has 1 N–H and O–H groups in total. The van der Waals surface area contributed by atoms with E-state index in [1.54, 1.807) is 39.8 Å². The van der Waals surface area contributed by atoms with Crippen LogP contribution in [0.2, 0.25) is 0 Å². The molecular weight excluding hydrogens is 681 g/mol. The fraction of sp³-hybridized carbons (Fsp3) is 0.425. The smallest absolute Gasteiger partial charge is 0.416 e. The molecule has 3 aromatic rings. The minimum absolute atomic E-state index is 0.0148. The van der Waals surface area contributed by atoms with Gasteiger partial charge >= 0.3 is 12.1 Å². The predicted molar refractivity (Wildman–Crippen MR) is 193 cm³/mol. The summed E-state index contributed by atoms with van der Waals surface area (Å²) in [6.45, 7) is 12.7. The van der Waals surface area contributed by atoms with Crippen LogP contribution in [0.25, 0.3) is 11.1 Å². The average molecular weight is 730 g/mol. The molecule has 0 saturated heterocycles. The van der Waals surface area contributed by atoms with Crippen molar-refractivity contribution in [3.63, 3.8) is 0 Å². The highest BCUT2D eigenvalue weighted by atomic mass is 19.4. The number of unbranched alkanes of at least 4 members (excludes halogenated alkanes) is 2. The first kappa shape index (κ1) is 41.8. The van der Waals surface area contributed by atoms with Gasteiger partial charge in [-0.2, -0.15) is 13.2 Å². The maximum absolute atomic E-state index is 16.0. The van der Waals surface area contributed by atoms with Gasteiger partial charge in [0.1, 0.15) is 17.7 Å². The van der Waals surface area contributed by atoms with Gasteiger partial charge in [0.15, 0.2) is 0 Å². The van der Waals surface area contributed by atoms with Crippen LogP contribution in [0.3, 0.4) is 0 Å². The molecule has 0 aliphatic heterocycles. The van der Waals surface area contributed by atoms with Crippen LogP contribution in [-0.2, 0) is 33.3 Å². The van der Waals surface area contributed by atoms with E-state index >= 15 is 4.39 Å². The minimum Gasteiger partial charge on any atom is -0.466 e. The molecule has 7 nitrogen and oxygen atoms in total. The lowest BCUT2D eigenvalue weighted by atomic mass is 9.87. The molecule has 0 unspecified atom stereocenters. The van der Waals surface area contributed by atoms with Crippen molar-refractivity contribution in [2.45, 2.75) is 84.0 Å². The Morgan fingerprint density at radius 2 is 1.69 bits per heavy atom. The molecule has 12 heteroatoms. The molecule has 0 radical (unpaired) electrons. The first-order valence-corrected chi connectivity index (χ1v) is 17.3. The number of amides is 1. The standard InChI is InChI=1S/C40H48F5N3O4/c1-8-11-12-13-15-27-20-29(41)18-26(5)38(27)30-21-31(33(42)19-25(30)4)34(23-37(50)52-10-3)46-39(51)35(14-9-2)48-24-28(16-17-47(6)7)32(22-36(48)49)40(43,44)45/h8-9,18-22,24,34-35H,1-2,10-17,23H2,3-7H3,(H,46,51)/t34-,35-/m0/s1. The third-order valence-electron chi connectivity index (χ3n) is 8.79. The largest absolute Gasteiger partial charge is 0.466 e. The van der Waals surface area contributed by atoms with E-state index in [0.29, 0.717) is 40.3 Å². The highest BCUT2D eigenvalue weighted by Crippen LogP contribution is 2.36. The van der Waals surface area contributed by atoms with Crippen molar-refractivity contribution in [3.8, 4) is 11.1 Å². The lowest BCUT2D eigenvalue weighted by molar-refractivity contribution is -0.144. The number of carbonyl (C=O) groups excluding carboxylic acids is 2. The number of ether oxygens (including phenoxy) is 1. The van der Waals surface area contributed by atoms with Gasteiger partial charge in [0, 0.05) is 24.4 Å². The summed E-state index contributed by atoms with van der Waals surface area (Å²) in [7, 11) is 3.39. The van der Waals surface area contributed by atoms with E-state index in [0.717, 1.165) is 30.0 Å². The highest BCUT2D eigenvalue weighted by molar-refractivity contribution is 5.82. The molecule has 282 valence electrons. The molecule has 3 rings (SSSR count). The summed E-state index contributed by atoms with van der Waals surface area (Å²) in [5.41, 5.74) is 0.723. The van der Waals surface area contributed by atoms with Crippen molar-refractivity contribution < 1.29 is 36.3 Å².